The predicted octanol–water partition coefficient (Wildman–Crippen LogP) is 3.04. The summed E-state index contributed by atoms with van der Waals surface area (Å²) in [5.41, 5.74) is 0.788. The number of carbonyl (C=O) groups is 2. The van der Waals surface area contributed by atoms with Gasteiger partial charge in [-0.2, -0.15) is 9.97 Å². The monoisotopic (exact) mass is 407 g/mol. The van der Waals surface area contributed by atoms with Crippen LogP contribution in [-0.4, -0.2) is 43.0 Å². The number of amides is 2. The van der Waals surface area contributed by atoms with Crippen molar-refractivity contribution in [2.45, 2.75) is 0 Å². The maximum absolute atomic E-state index is 12.6. The van der Waals surface area contributed by atoms with Crippen LogP contribution in [0.4, 0.5) is 17.6 Å². The van der Waals surface area contributed by atoms with Crippen LogP contribution in [0.2, 0.25) is 0 Å². The first kappa shape index (κ1) is 20.6. The molecule has 154 valence electrons. The Kier molecular flexibility index (Phi) is 6.43. The Labute approximate surface area is 173 Å². The molecule has 0 saturated heterocycles. The minimum Gasteiger partial charge on any atom is -0.497 e. The van der Waals surface area contributed by atoms with Crippen molar-refractivity contribution >= 4 is 29.4 Å². The summed E-state index contributed by atoms with van der Waals surface area (Å²) in [7, 11) is 4.72. The molecule has 0 radical (unpaired) electrons. The summed E-state index contributed by atoms with van der Waals surface area (Å²) >= 11 is 0. The second kappa shape index (κ2) is 9.37. The summed E-state index contributed by atoms with van der Waals surface area (Å²) in [6.07, 6.45) is 0. The van der Waals surface area contributed by atoms with Crippen LogP contribution in [0, 0.1) is 0 Å². The van der Waals surface area contributed by atoms with E-state index < -0.39 is 5.91 Å². The highest BCUT2D eigenvalue weighted by molar-refractivity contribution is 6.05. The van der Waals surface area contributed by atoms with Gasteiger partial charge >= 0.3 is 0 Å². The molecule has 2 amide bonds. The SMILES string of the molecule is CNc1cc(NC(=O)c2cccc(OC)c2)nc(NC(=O)c2cccc(OC)c2)n1. The van der Waals surface area contributed by atoms with E-state index >= 15 is 0 Å². The van der Waals surface area contributed by atoms with Crippen molar-refractivity contribution in [2.24, 2.45) is 0 Å². The number of aromatic nitrogens is 2. The first-order chi connectivity index (χ1) is 14.5. The van der Waals surface area contributed by atoms with Crippen molar-refractivity contribution in [2.75, 3.05) is 37.2 Å². The summed E-state index contributed by atoms with van der Waals surface area (Å²) in [6, 6.07) is 15.0. The van der Waals surface area contributed by atoms with Gasteiger partial charge in [0, 0.05) is 24.2 Å². The maximum atomic E-state index is 12.6. The molecule has 1 aromatic heterocycles. The van der Waals surface area contributed by atoms with E-state index in [1.54, 1.807) is 61.6 Å². The third-order valence-corrected chi connectivity index (χ3v) is 4.11. The largest absolute Gasteiger partial charge is 0.497 e. The fourth-order valence-corrected chi connectivity index (χ4v) is 2.59. The number of rotatable bonds is 7. The fourth-order valence-electron chi connectivity index (χ4n) is 2.59. The van der Waals surface area contributed by atoms with Crippen LogP contribution in [-0.2, 0) is 0 Å². The van der Waals surface area contributed by atoms with Crippen LogP contribution in [0.15, 0.2) is 54.6 Å². The van der Waals surface area contributed by atoms with Crippen LogP contribution in [0.25, 0.3) is 0 Å². The Hall–Kier alpha value is -4.14. The van der Waals surface area contributed by atoms with E-state index in [4.69, 9.17) is 9.47 Å². The first-order valence-electron chi connectivity index (χ1n) is 9.00. The minimum absolute atomic E-state index is 0.0376. The summed E-state index contributed by atoms with van der Waals surface area (Å²) in [5.74, 6) is 1.02. The highest BCUT2D eigenvalue weighted by Crippen LogP contribution is 2.18. The van der Waals surface area contributed by atoms with E-state index in [0.29, 0.717) is 28.4 Å². The van der Waals surface area contributed by atoms with Gasteiger partial charge in [0.1, 0.15) is 23.1 Å². The number of carbonyl (C=O) groups excluding carboxylic acids is 2. The molecular weight excluding hydrogens is 386 g/mol. The number of hydrogen-bond donors (Lipinski definition) is 3. The van der Waals surface area contributed by atoms with Gasteiger partial charge in [-0.05, 0) is 36.4 Å². The number of nitrogens with zero attached hydrogens (tertiary/aromatic N) is 2. The molecule has 0 aliphatic carbocycles. The van der Waals surface area contributed by atoms with Gasteiger partial charge in [0.15, 0.2) is 0 Å². The molecular formula is C21H21N5O4. The number of benzene rings is 2. The zero-order valence-corrected chi connectivity index (χ0v) is 16.7. The smallest absolute Gasteiger partial charge is 0.258 e. The summed E-state index contributed by atoms with van der Waals surface area (Å²) < 4.78 is 10.3. The van der Waals surface area contributed by atoms with E-state index in [0.717, 1.165) is 0 Å². The molecule has 2 aromatic carbocycles. The molecule has 30 heavy (non-hydrogen) atoms. The standard InChI is InChI=1S/C21H21N5O4/c1-22-17-12-18(23-19(27)13-6-4-8-15(10-13)29-2)25-21(24-17)26-20(28)14-7-5-9-16(11-14)30-3/h4-12H,1-3H3,(H3,22,23,24,25,26,27,28). The molecule has 0 fully saturated rings. The zero-order chi connectivity index (χ0) is 21.5. The summed E-state index contributed by atoms with van der Waals surface area (Å²) in [5, 5.41) is 8.20. The normalized spacial score (nSPS) is 10.1. The second-order valence-electron chi connectivity index (χ2n) is 6.08. The van der Waals surface area contributed by atoms with Crippen LogP contribution in [0.1, 0.15) is 20.7 Å². The van der Waals surface area contributed by atoms with Crippen molar-refractivity contribution in [3.63, 3.8) is 0 Å². The lowest BCUT2D eigenvalue weighted by Crippen LogP contribution is -2.17. The van der Waals surface area contributed by atoms with Crippen LogP contribution in [0.5, 0.6) is 11.5 Å². The van der Waals surface area contributed by atoms with Gasteiger partial charge in [-0.15, -0.1) is 0 Å². The number of ether oxygens (including phenoxy) is 2. The molecule has 0 bridgehead atoms. The lowest BCUT2D eigenvalue weighted by molar-refractivity contribution is 0.101. The molecule has 0 spiro atoms. The van der Waals surface area contributed by atoms with E-state index in [-0.39, 0.29) is 17.7 Å². The van der Waals surface area contributed by atoms with Gasteiger partial charge in [0.2, 0.25) is 5.95 Å². The van der Waals surface area contributed by atoms with Gasteiger partial charge in [0.25, 0.3) is 11.8 Å². The average molecular weight is 407 g/mol. The Morgan fingerprint density at radius 3 is 1.83 bits per heavy atom. The molecule has 0 atom stereocenters. The highest BCUT2D eigenvalue weighted by atomic mass is 16.5. The molecule has 1 heterocycles. The number of hydrogen-bond acceptors (Lipinski definition) is 7. The Morgan fingerprint density at radius 1 is 0.767 bits per heavy atom. The average Bonchev–Trinajstić information content (AvgIpc) is 2.78. The second-order valence-corrected chi connectivity index (χ2v) is 6.08. The van der Waals surface area contributed by atoms with E-state index in [1.165, 1.54) is 14.2 Å². The Morgan fingerprint density at radius 2 is 1.30 bits per heavy atom. The number of methoxy groups -OCH3 is 2. The molecule has 3 rings (SSSR count). The number of anilines is 3. The molecule has 3 N–H and O–H groups in total. The van der Waals surface area contributed by atoms with Crippen LogP contribution >= 0.6 is 0 Å². The van der Waals surface area contributed by atoms with E-state index in [9.17, 15) is 9.59 Å². The minimum atomic E-state index is -0.410. The van der Waals surface area contributed by atoms with Gasteiger partial charge in [-0.3, -0.25) is 14.9 Å². The fraction of sp³-hybridized carbons (Fsp3) is 0.143. The summed E-state index contributed by atoms with van der Waals surface area (Å²) in [6.45, 7) is 0. The van der Waals surface area contributed by atoms with Gasteiger partial charge in [-0.25, -0.2) is 0 Å². The van der Waals surface area contributed by atoms with Crippen LogP contribution in [0.3, 0.4) is 0 Å². The summed E-state index contributed by atoms with van der Waals surface area (Å²) in [4.78, 5) is 33.5. The third-order valence-electron chi connectivity index (χ3n) is 4.11. The topological polar surface area (TPSA) is 114 Å². The lowest BCUT2D eigenvalue weighted by atomic mass is 10.2. The van der Waals surface area contributed by atoms with Gasteiger partial charge < -0.3 is 20.1 Å². The van der Waals surface area contributed by atoms with Crippen molar-refractivity contribution in [3.8, 4) is 11.5 Å². The molecule has 0 aliphatic rings. The van der Waals surface area contributed by atoms with Gasteiger partial charge in [-0.1, -0.05) is 12.1 Å². The van der Waals surface area contributed by atoms with E-state index in [2.05, 4.69) is 25.9 Å². The quantitative estimate of drug-likeness (QED) is 0.551. The Balaban J connectivity index is 1.80. The maximum Gasteiger partial charge on any atom is 0.258 e. The van der Waals surface area contributed by atoms with Crippen molar-refractivity contribution in [1.82, 2.24) is 9.97 Å². The molecule has 9 heteroatoms. The Bertz CT molecular complexity index is 991. The third kappa shape index (κ3) is 5.02. The molecule has 9 nitrogen and oxygen atoms in total. The zero-order valence-electron chi connectivity index (χ0n) is 16.7. The lowest BCUT2D eigenvalue weighted by Gasteiger charge is -2.11. The predicted molar refractivity (Wildman–Crippen MR) is 113 cm³/mol. The molecule has 0 saturated carbocycles. The number of nitrogens with one attached hydrogen (secondary N) is 3. The molecule has 3 aromatic rings. The van der Waals surface area contributed by atoms with Crippen molar-refractivity contribution < 1.29 is 19.1 Å². The molecule has 0 unspecified atom stereocenters. The van der Waals surface area contributed by atoms with E-state index in [1.807, 2.05) is 0 Å². The van der Waals surface area contributed by atoms with Gasteiger partial charge in [0.05, 0.1) is 14.2 Å². The highest BCUT2D eigenvalue weighted by Gasteiger charge is 2.13. The first-order valence-corrected chi connectivity index (χ1v) is 9.00. The van der Waals surface area contributed by atoms with Crippen molar-refractivity contribution in [1.29, 1.82) is 0 Å². The van der Waals surface area contributed by atoms with Crippen molar-refractivity contribution in [3.05, 3.63) is 65.7 Å². The van der Waals surface area contributed by atoms with Crippen LogP contribution < -0.4 is 25.4 Å². The molecule has 0 aliphatic heterocycles.